The van der Waals surface area contributed by atoms with Gasteiger partial charge in [-0.15, -0.1) is 0 Å². The molecule has 0 radical (unpaired) electrons. The van der Waals surface area contributed by atoms with E-state index in [2.05, 4.69) is 9.88 Å². The number of anilines is 1. The molecule has 3 rings (SSSR count). The van der Waals surface area contributed by atoms with Crippen LogP contribution >= 0.6 is 0 Å². The maximum Gasteiger partial charge on any atom is 0.339 e. The van der Waals surface area contributed by atoms with Crippen LogP contribution in [0.15, 0.2) is 18.3 Å². The van der Waals surface area contributed by atoms with E-state index in [0.717, 1.165) is 44.7 Å². The summed E-state index contributed by atoms with van der Waals surface area (Å²) in [5.41, 5.74) is 0.533. The quantitative estimate of drug-likeness (QED) is 0.800. The van der Waals surface area contributed by atoms with Crippen LogP contribution in [0.25, 0.3) is 0 Å². The number of hydrogen-bond acceptors (Lipinski definition) is 6. The highest BCUT2D eigenvalue weighted by atomic mass is 16.5. The topological polar surface area (TPSA) is 83.0 Å². The highest BCUT2D eigenvalue weighted by molar-refractivity contribution is 5.89. The fourth-order valence-corrected chi connectivity index (χ4v) is 4.12. The van der Waals surface area contributed by atoms with Gasteiger partial charge in [0.25, 0.3) is 0 Å². The van der Waals surface area contributed by atoms with Crippen molar-refractivity contribution in [1.29, 1.82) is 0 Å². The molecular weight excluding hydrogens is 334 g/mol. The Balaban J connectivity index is 1.70. The fourth-order valence-electron chi connectivity index (χ4n) is 4.12. The van der Waals surface area contributed by atoms with Gasteiger partial charge in [0.05, 0.1) is 12.7 Å². The summed E-state index contributed by atoms with van der Waals surface area (Å²) in [5.74, 6) is 0.668. The van der Waals surface area contributed by atoms with Crippen molar-refractivity contribution >= 4 is 17.7 Å². The van der Waals surface area contributed by atoms with Crippen LogP contribution in [0.3, 0.4) is 0 Å². The molecule has 0 saturated carbocycles. The molecule has 0 unspecified atom stereocenters. The van der Waals surface area contributed by atoms with Gasteiger partial charge in [0.1, 0.15) is 5.82 Å². The first-order valence-electron chi connectivity index (χ1n) is 9.25. The predicted octanol–water partition coefficient (Wildman–Crippen LogP) is 1.46. The number of methoxy groups -OCH3 is 1. The number of aliphatic hydroxyl groups excluding tert-OH is 1. The minimum Gasteiger partial charge on any atom is -0.465 e. The van der Waals surface area contributed by atoms with E-state index in [1.165, 1.54) is 7.11 Å². The highest BCUT2D eigenvalue weighted by Crippen LogP contribution is 2.39. The van der Waals surface area contributed by atoms with Crippen molar-refractivity contribution in [2.45, 2.75) is 32.1 Å². The van der Waals surface area contributed by atoms with Gasteiger partial charge < -0.3 is 19.6 Å². The Kier molecular flexibility index (Phi) is 5.76. The van der Waals surface area contributed by atoms with E-state index in [-0.39, 0.29) is 23.9 Å². The second-order valence-electron chi connectivity index (χ2n) is 7.31. The Hall–Kier alpha value is -2.15. The van der Waals surface area contributed by atoms with Crippen LogP contribution in [0.2, 0.25) is 0 Å². The van der Waals surface area contributed by atoms with Crippen LogP contribution in [0.1, 0.15) is 42.5 Å². The third-order valence-electron chi connectivity index (χ3n) is 5.49. The Morgan fingerprint density at radius 2 is 2.19 bits per heavy atom. The van der Waals surface area contributed by atoms with Gasteiger partial charge in [-0.3, -0.25) is 4.79 Å². The van der Waals surface area contributed by atoms with Gasteiger partial charge in [-0.1, -0.05) is 0 Å². The van der Waals surface area contributed by atoms with Crippen LogP contribution in [0.4, 0.5) is 5.82 Å². The molecule has 2 fully saturated rings. The number of likely N-dealkylation sites (tertiary alicyclic amines) is 1. The number of carbonyl (C=O) groups is 2. The first-order chi connectivity index (χ1) is 12.6. The van der Waals surface area contributed by atoms with Gasteiger partial charge in [0.15, 0.2) is 0 Å². The Labute approximate surface area is 153 Å². The second kappa shape index (κ2) is 8.03. The molecule has 1 aromatic rings. The molecule has 2 aliphatic heterocycles. The number of amides is 1. The smallest absolute Gasteiger partial charge is 0.339 e. The number of piperidine rings is 2. The van der Waals surface area contributed by atoms with Gasteiger partial charge in [0.2, 0.25) is 5.91 Å². The first-order valence-corrected chi connectivity index (χ1v) is 9.25. The summed E-state index contributed by atoms with van der Waals surface area (Å²) in [7, 11) is 1.36. The maximum absolute atomic E-state index is 12.2. The van der Waals surface area contributed by atoms with Crippen molar-refractivity contribution in [3.63, 3.8) is 0 Å². The third-order valence-corrected chi connectivity index (χ3v) is 5.49. The Morgan fingerprint density at radius 1 is 1.35 bits per heavy atom. The van der Waals surface area contributed by atoms with E-state index in [1.807, 2.05) is 11.0 Å². The lowest BCUT2D eigenvalue weighted by Crippen LogP contribution is -2.54. The number of aliphatic hydroxyl groups is 1. The minimum atomic E-state index is -0.385. The molecule has 1 atom stereocenters. The van der Waals surface area contributed by atoms with Crippen LogP contribution in [0.5, 0.6) is 0 Å². The molecule has 1 aromatic heterocycles. The van der Waals surface area contributed by atoms with Crippen LogP contribution in [-0.4, -0.2) is 66.8 Å². The lowest BCUT2D eigenvalue weighted by Gasteiger charge is -2.48. The van der Waals surface area contributed by atoms with Gasteiger partial charge >= 0.3 is 5.97 Å². The van der Waals surface area contributed by atoms with Crippen LogP contribution in [0, 0.1) is 5.41 Å². The van der Waals surface area contributed by atoms with E-state index in [4.69, 9.17) is 9.84 Å². The van der Waals surface area contributed by atoms with Crippen molar-refractivity contribution in [1.82, 2.24) is 9.88 Å². The average molecular weight is 361 g/mol. The summed E-state index contributed by atoms with van der Waals surface area (Å²) in [4.78, 5) is 32.4. The lowest BCUT2D eigenvalue weighted by molar-refractivity contribution is -0.138. The molecule has 1 N–H and O–H groups in total. The number of nitrogens with zero attached hydrogens (tertiary/aromatic N) is 3. The number of hydrogen-bond donors (Lipinski definition) is 1. The average Bonchev–Trinajstić information content (AvgIpc) is 2.68. The summed E-state index contributed by atoms with van der Waals surface area (Å²) in [5, 5.41) is 9.07. The standard InChI is InChI=1S/C19H27N3O4/c1-26-18(25)15-4-5-16(20-12-15)21-9-2-7-19(13-21)8-6-17(24)22(14-19)10-3-11-23/h4-5,12,23H,2-3,6-11,13-14H2,1H3/t19-/m1/s1. The van der Waals surface area contributed by atoms with Crippen molar-refractivity contribution in [2.24, 2.45) is 5.41 Å². The normalized spacial score (nSPS) is 23.4. The van der Waals surface area contributed by atoms with Crippen molar-refractivity contribution < 1.29 is 19.4 Å². The van der Waals surface area contributed by atoms with E-state index in [0.29, 0.717) is 24.9 Å². The fraction of sp³-hybridized carbons (Fsp3) is 0.632. The van der Waals surface area contributed by atoms with E-state index < -0.39 is 0 Å². The summed E-state index contributed by atoms with van der Waals surface area (Å²) in [6.45, 7) is 3.28. The summed E-state index contributed by atoms with van der Waals surface area (Å²) < 4.78 is 4.72. The SMILES string of the molecule is COC(=O)c1ccc(N2CCC[C@@]3(CCC(=O)N(CCCO)C3)C2)nc1. The molecule has 1 amide bonds. The molecule has 0 bridgehead atoms. The van der Waals surface area contributed by atoms with Crippen molar-refractivity contribution in [2.75, 3.05) is 44.8 Å². The molecule has 26 heavy (non-hydrogen) atoms. The van der Waals surface area contributed by atoms with Crippen LogP contribution < -0.4 is 4.90 Å². The maximum atomic E-state index is 12.2. The predicted molar refractivity (Wildman–Crippen MR) is 97.0 cm³/mol. The molecule has 1 spiro atoms. The van der Waals surface area contributed by atoms with Crippen molar-refractivity contribution in [3.8, 4) is 0 Å². The summed E-state index contributed by atoms with van der Waals surface area (Å²) in [6, 6.07) is 3.61. The molecule has 7 heteroatoms. The van der Waals surface area contributed by atoms with E-state index in [1.54, 1.807) is 12.3 Å². The van der Waals surface area contributed by atoms with E-state index >= 15 is 0 Å². The van der Waals surface area contributed by atoms with Gasteiger partial charge in [-0.05, 0) is 37.8 Å². The minimum absolute atomic E-state index is 0.0876. The summed E-state index contributed by atoms with van der Waals surface area (Å²) >= 11 is 0. The molecule has 0 aromatic carbocycles. The molecule has 0 aliphatic carbocycles. The number of rotatable bonds is 5. The lowest BCUT2D eigenvalue weighted by atomic mass is 9.73. The Bertz CT molecular complexity index is 649. The zero-order chi connectivity index (χ0) is 18.6. The molecule has 2 saturated heterocycles. The number of carbonyl (C=O) groups excluding carboxylic acids is 2. The van der Waals surface area contributed by atoms with E-state index in [9.17, 15) is 9.59 Å². The summed E-state index contributed by atoms with van der Waals surface area (Å²) in [6.07, 6.45) is 5.82. The molecule has 2 aliphatic rings. The number of esters is 1. The number of aromatic nitrogens is 1. The molecule has 7 nitrogen and oxygen atoms in total. The second-order valence-corrected chi connectivity index (χ2v) is 7.31. The Morgan fingerprint density at radius 3 is 2.88 bits per heavy atom. The van der Waals surface area contributed by atoms with Gasteiger partial charge in [-0.25, -0.2) is 9.78 Å². The first kappa shape index (κ1) is 18.6. The molecule has 3 heterocycles. The zero-order valence-corrected chi connectivity index (χ0v) is 15.3. The van der Waals surface area contributed by atoms with Gasteiger partial charge in [-0.2, -0.15) is 0 Å². The number of ether oxygens (including phenoxy) is 1. The zero-order valence-electron chi connectivity index (χ0n) is 15.3. The molecular formula is C19H27N3O4. The van der Waals surface area contributed by atoms with Crippen molar-refractivity contribution in [3.05, 3.63) is 23.9 Å². The third kappa shape index (κ3) is 3.98. The van der Waals surface area contributed by atoms with Gasteiger partial charge in [0, 0.05) is 50.8 Å². The number of pyridine rings is 1. The van der Waals surface area contributed by atoms with Crippen LogP contribution in [-0.2, 0) is 9.53 Å². The highest BCUT2D eigenvalue weighted by Gasteiger charge is 2.41. The monoisotopic (exact) mass is 361 g/mol. The largest absolute Gasteiger partial charge is 0.465 e. The molecule has 142 valence electrons.